The standard InChI is InChI=1S/C21H29N3O6S/c1-14(2)13-30-18(25)12-16-20(27)22-8-9-24(16)21(31)23-19(26)15-6-4-5-7-17(15)29-11-10-28-3/h4-7,14,16H,8-13H2,1-3H3,(H,22,27)(H,23,26,31). The maximum absolute atomic E-state index is 12.8. The zero-order chi connectivity index (χ0) is 22.8. The lowest BCUT2D eigenvalue weighted by Crippen LogP contribution is -2.60. The number of piperazine rings is 1. The largest absolute Gasteiger partial charge is 0.490 e. The molecular formula is C21H29N3O6S. The molecule has 1 saturated heterocycles. The van der Waals surface area contributed by atoms with Gasteiger partial charge in [0.1, 0.15) is 18.4 Å². The Balaban J connectivity index is 2.05. The molecule has 1 aromatic carbocycles. The number of carbonyl (C=O) groups is 3. The van der Waals surface area contributed by atoms with Crippen LogP contribution in [-0.4, -0.2) is 73.9 Å². The topological polar surface area (TPSA) is 106 Å². The molecule has 1 fully saturated rings. The third kappa shape index (κ3) is 7.48. The van der Waals surface area contributed by atoms with E-state index in [4.69, 9.17) is 26.4 Å². The van der Waals surface area contributed by atoms with Crippen LogP contribution in [0.15, 0.2) is 24.3 Å². The number of hydrogen-bond acceptors (Lipinski definition) is 7. The number of nitrogens with one attached hydrogen (secondary N) is 2. The lowest BCUT2D eigenvalue weighted by atomic mass is 10.1. The Morgan fingerprint density at radius 3 is 2.74 bits per heavy atom. The number of nitrogens with zero attached hydrogens (tertiary/aromatic N) is 1. The van der Waals surface area contributed by atoms with Crippen LogP contribution in [0.25, 0.3) is 0 Å². The van der Waals surface area contributed by atoms with E-state index >= 15 is 0 Å². The first-order valence-electron chi connectivity index (χ1n) is 10.1. The average molecular weight is 452 g/mol. The predicted molar refractivity (Wildman–Crippen MR) is 118 cm³/mol. The maximum atomic E-state index is 12.8. The van der Waals surface area contributed by atoms with Gasteiger partial charge >= 0.3 is 5.97 Å². The smallest absolute Gasteiger partial charge is 0.308 e. The number of methoxy groups -OCH3 is 1. The highest BCUT2D eigenvalue weighted by Gasteiger charge is 2.34. The van der Waals surface area contributed by atoms with Crippen LogP contribution >= 0.6 is 12.2 Å². The van der Waals surface area contributed by atoms with E-state index in [1.54, 1.807) is 31.4 Å². The molecular weight excluding hydrogens is 422 g/mol. The summed E-state index contributed by atoms with van der Waals surface area (Å²) in [6.07, 6.45) is -0.161. The number of ether oxygens (including phenoxy) is 3. The molecule has 1 aromatic rings. The van der Waals surface area contributed by atoms with Crippen LogP contribution in [0.1, 0.15) is 30.6 Å². The van der Waals surface area contributed by atoms with Crippen LogP contribution < -0.4 is 15.4 Å². The first-order chi connectivity index (χ1) is 14.8. The minimum atomic E-state index is -0.852. The fourth-order valence-electron chi connectivity index (χ4n) is 2.89. The summed E-state index contributed by atoms with van der Waals surface area (Å²) in [5, 5.41) is 5.43. The molecule has 2 amide bonds. The number of thiocarbonyl (C=S) groups is 1. The van der Waals surface area contributed by atoms with Gasteiger partial charge in [-0.05, 0) is 30.3 Å². The number of para-hydroxylation sites is 1. The van der Waals surface area contributed by atoms with Gasteiger partial charge in [0.05, 0.1) is 25.2 Å². The molecule has 0 aromatic heterocycles. The quantitative estimate of drug-likeness (QED) is 0.327. The molecule has 2 N–H and O–H groups in total. The van der Waals surface area contributed by atoms with Crippen LogP contribution in [0.5, 0.6) is 5.75 Å². The number of hydrogen-bond donors (Lipinski definition) is 2. The van der Waals surface area contributed by atoms with Crippen LogP contribution in [0, 0.1) is 5.92 Å². The van der Waals surface area contributed by atoms with Gasteiger partial charge in [-0.1, -0.05) is 26.0 Å². The molecule has 0 spiro atoms. The highest BCUT2D eigenvalue weighted by molar-refractivity contribution is 7.80. The van der Waals surface area contributed by atoms with Crippen LogP contribution in [0.2, 0.25) is 0 Å². The van der Waals surface area contributed by atoms with E-state index in [9.17, 15) is 14.4 Å². The van der Waals surface area contributed by atoms with E-state index in [1.807, 2.05) is 13.8 Å². The van der Waals surface area contributed by atoms with Crippen molar-refractivity contribution >= 4 is 35.1 Å². The summed E-state index contributed by atoms with van der Waals surface area (Å²) in [6, 6.07) is 5.90. The second-order valence-electron chi connectivity index (χ2n) is 7.38. The number of esters is 1. The Hall–Kier alpha value is -2.72. The minimum Gasteiger partial charge on any atom is -0.490 e. The van der Waals surface area contributed by atoms with Crippen molar-refractivity contribution < 1.29 is 28.6 Å². The highest BCUT2D eigenvalue weighted by atomic mass is 32.1. The molecule has 1 aliphatic rings. The van der Waals surface area contributed by atoms with E-state index in [-0.39, 0.29) is 36.6 Å². The number of amides is 2. The predicted octanol–water partition coefficient (Wildman–Crippen LogP) is 1.12. The Bertz CT molecular complexity index is 801. The highest BCUT2D eigenvalue weighted by Crippen LogP contribution is 2.18. The van der Waals surface area contributed by atoms with E-state index in [1.165, 1.54) is 4.90 Å². The van der Waals surface area contributed by atoms with Crippen molar-refractivity contribution in [1.29, 1.82) is 0 Å². The molecule has 170 valence electrons. The molecule has 10 heteroatoms. The normalized spacial score (nSPS) is 15.9. The number of carbonyl (C=O) groups excluding carboxylic acids is 3. The first kappa shape index (κ1) is 24.5. The van der Waals surface area contributed by atoms with Crippen molar-refractivity contribution in [3.8, 4) is 5.75 Å². The lowest BCUT2D eigenvalue weighted by Gasteiger charge is -2.36. The third-order valence-corrected chi connectivity index (χ3v) is 4.76. The van der Waals surface area contributed by atoms with Gasteiger partial charge in [0, 0.05) is 20.2 Å². The summed E-state index contributed by atoms with van der Waals surface area (Å²) in [6.45, 7) is 5.50. The van der Waals surface area contributed by atoms with Crippen LogP contribution in [0.3, 0.4) is 0 Å². The van der Waals surface area contributed by atoms with Gasteiger partial charge in [0.15, 0.2) is 5.11 Å². The zero-order valence-corrected chi connectivity index (χ0v) is 18.8. The van der Waals surface area contributed by atoms with Crippen molar-refractivity contribution in [3.05, 3.63) is 29.8 Å². The molecule has 31 heavy (non-hydrogen) atoms. The minimum absolute atomic E-state index is 0.0632. The zero-order valence-electron chi connectivity index (χ0n) is 18.0. The second kappa shape index (κ2) is 12.2. The Morgan fingerprint density at radius 2 is 2.03 bits per heavy atom. The summed E-state index contributed by atoms with van der Waals surface area (Å²) < 4.78 is 15.8. The second-order valence-corrected chi connectivity index (χ2v) is 7.76. The van der Waals surface area contributed by atoms with Crippen LogP contribution in [-0.2, 0) is 19.1 Å². The maximum Gasteiger partial charge on any atom is 0.308 e. The van der Waals surface area contributed by atoms with Gasteiger partial charge < -0.3 is 24.4 Å². The van der Waals surface area contributed by atoms with E-state index in [2.05, 4.69) is 10.6 Å². The SMILES string of the molecule is COCCOc1ccccc1C(=O)NC(=S)N1CCNC(=O)C1CC(=O)OCC(C)C. The van der Waals surface area contributed by atoms with Gasteiger partial charge in [-0.25, -0.2) is 0 Å². The fraction of sp³-hybridized carbons (Fsp3) is 0.524. The summed E-state index contributed by atoms with van der Waals surface area (Å²) in [7, 11) is 1.56. The molecule has 1 unspecified atom stereocenters. The van der Waals surface area contributed by atoms with Crippen LogP contribution in [0.4, 0.5) is 0 Å². The Morgan fingerprint density at radius 1 is 1.29 bits per heavy atom. The molecule has 0 bridgehead atoms. The summed E-state index contributed by atoms with van der Waals surface area (Å²) >= 11 is 5.39. The molecule has 1 atom stereocenters. The van der Waals surface area contributed by atoms with E-state index in [0.29, 0.717) is 31.0 Å². The fourth-order valence-corrected chi connectivity index (χ4v) is 3.20. The van der Waals surface area contributed by atoms with E-state index in [0.717, 1.165) is 0 Å². The Kier molecular flexibility index (Phi) is 9.67. The van der Waals surface area contributed by atoms with Crippen molar-refractivity contribution in [1.82, 2.24) is 15.5 Å². The third-order valence-electron chi connectivity index (χ3n) is 4.43. The average Bonchev–Trinajstić information content (AvgIpc) is 2.74. The van der Waals surface area contributed by atoms with E-state index < -0.39 is 17.9 Å². The van der Waals surface area contributed by atoms with Gasteiger partial charge in [0.25, 0.3) is 5.91 Å². The summed E-state index contributed by atoms with van der Waals surface area (Å²) in [4.78, 5) is 38.9. The van der Waals surface area contributed by atoms with Gasteiger partial charge in [-0.15, -0.1) is 0 Å². The number of benzene rings is 1. The molecule has 1 heterocycles. The van der Waals surface area contributed by atoms with Crippen molar-refractivity contribution in [2.45, 2.75) is 26.3 Å². The molecule has 1 aliphatic heterocycles. The molecule has 9 nitrogen and oxygen atoms in total. The Labute approximate surface area is 187 Å². The monoisotopic (exact) mass is 451 g/mol. The molecule has 2 rings (SSSR count). The lowest BCUT2D eigenvalue weighted by molar-refractivity contribution is -0.148. The number of rotatable bonds is 9. The van der Waals surface area contributed by atoms with Crippen molar-refractivity contribution in [2.24, 2.45) is 5.92 Å². The summed E-state index contributed by atoms with van der Waals surface area (Å²) in [5.74, 6) is -0.721. The van der Waals surface area contributed by atoms with Gasteiger partial charge in [-0.3, -0.25) is 19.7 Å². The molecule has 0 saturated carbocycles. The van der Waals surface area contributed by atoms with Crippen molar-refractivity contribution in [2.75, 3.05) is 40.0 Å². The van der Waals surface area contributed by atoms with Gasteiger partial charge in [0.2, 0.25) is 5.91 Å². The van der Waals surface area contributed by atoms with Crippen molar-refractivity contribution in [3.63, 3.8) is 0 Å². The van der Waals surface area contributed by atoms with Gasteiger partial charge in [-0.2, -0.15) is 0 Å². The summed E-state index contributed by atoms with van der Waals surface area (Å²) in [5.41, 5.74) is 0.301. The first-order valence-corrected chi connectivity index (χ1v) is 10.5. The molecule has 0 radical (unpaired) electrons. The molecule has 0 aliphatic carbocycles.